The van der Waals surface area contributed by atoms with Crippen molar-refractivity contribution < 1.29 is 8.42 Å². The minimum Gasteiger partial charge on any atom is -0.281 e. The standard InChI is InChI=1S/C23H27BrN2O2S/c1-18-7-13-22(14-8-18)29(27,28)16-4-6-21-5-2-3-15-26(21)23(17-25)19-9-11-20(24)12-10-19/h7-14,21,23H,2-6,15-16H2,1H3. The number of hydrogen-bond acceptors (Lipinski definition) is 4. The predicted molar refractivity (Wildman–Crippen MR) is 119 cm³/mol. The number of nitrogens with zero attached hydrogens (tertiary/aromatic N) is 2. The molecule has 29 heavy (non-hydrogen) atoms. The second-order valence-electron chi connectivity index (χ2n) is 7.74. The molecule has 0 N–H and O–H groups in total. The van der Waals surface area contributed by atoms with Gasteiger partial charge in [0.1, 0.15) is 6.04 Å². The number of benzene rings is 2. The Balaban J connectivity index is 1.66. The zero-order chi connectivity index (χ0) is 20.9. The minimum absolute atomic E-state index is 0.149. The van der Waals surface area contributed by atoms with Crippen LogP contribution in [0.3, 0.4) is 0 Å². The van der Waals surface area contributed by atoms with Crippen molar-refractivity contribution in [1.29, 1.82) is 5.26 Å². The van der Waals surface area contributed by atoms with Crippen LogP contribution in [0.5, 0.6) is 0 Å². The molecule has 0 amide bonds. The first kappa shape index (κ1) is 22.0. The van der Waals surface area contributed by atoms with Gasteiger partial charge in [0.25, 0.3) is 0 Å². The molecule has 2 aromatic rings. The summed E-state index contributed by atoms with van der Waals surface area (Å²) in [4.78, 5) is 2.67. The Hall–Kier alpha value is -1.68. The van der Waals surface area contributed by atoms with Gasteiger partial charge in [-0.3, -0.25) is 4.90 Å². The first-order valence-electron chi connectivity index (χ1n) is 10.1. The largest absolute Gasteiger partial charge is 0.281 e. The van der Waals surface area contributed by atoms with E-state index in [2.05, 4.69) is 26.9 Å². The maximum atomic E-state index is 12.6. The highest BCUT2D eigenvalue weighted by Gasteiger charge is 2.30. The molecule has 3 rings (SSSR count). The van der Waals surface area contributed by atoms with E-state index in [0.29, 0.717) is 11.3 Å². The fraction of sp³-hybridized carbons (Fsp3) is 0.435. The number of halogens is 1. The number of likely N-dealkylation sites (tertiary alicyclic amines) is 1. The van der Waals surface area contributed by atoms with Crippen molar-refractivity contribution in [3.05, 3.63) is 64.1 Å². The van der Waals surface area contributed by atoms with Gasteiger partial charge in [-0.15, -0.1) is 0 Å². The van der Waals surface area contributed by atoms with Crippen molar-refractivity contribution in [3.8, 4) is 6.07 Å². The van der Waals surface area contributed by atoms with E-state index in [9.17, 15) is 13.7 Å². The smallest absolute Gasteiger partial charge is 0.178 e. The zero-order valence-electron chi connectivity index (χ0n) is 16.7. The molecule has 0 saturated carbocycles. The van der Waals surface area contributed by atoms with Crippen LogP contribution in [0.4, 0.5) is 0 Å². The molecule has 1 aliphatic rings. The van der Waals surface area contributed by atoms with E-state index >= 15 is 0 Å². The Morgan fingerprint density at radius 3 is 2.48 bits per heavy atom. The number of aryl methyl sites for hydroxylation is 1. The average Bonchev–Trinajstić information content (AvgIpc) is 2.71. The molecule has 1 aliphatic heterocycles. The number of rotatable bonds is 7. The van der Waals surface area contributed by atoms with Crippen LogP contribution in [0.2, 0.25) is 0 Å². The monoisotopic (exact) mass is 474 g/mol. The molecule has 4 nitrogen and oxygen atoms in total. The normalized spacial score (nSPS) is 18.9. The molecule has 0 bridgehead atoms. The molecular weight excluding hydrogens is 448 g/mol. The Bertz CT molecular complexity index is 950. The quantitative estimate of drug-likeness (QED) is 0.536. The van der Waals surface area contributed by atoms with Crippen molar-refractivity contribution in [1.82, 2.24) is 4.90 Å². The maximum Gasteiger partial charge on any atom is 0.178 e. The van der Waals surface area contributed by atoms with E-state index in [1.165, 1.54) is 0 Å². The van der Waals surface area contributed by atoms with Gasteiger partial charge in [0.2, 0.25) is 0 Å². The van der Waals surface area contributed by atoms with Crippen molar-refractivity contribution in [3.63, 3.8) is 0 Å². The Morgan fingerprint density at radius 2 is 1.83 bits per heavy atom. The first-order valence-corrected chi connectivity index (χ1v) is 12.6. The second-order valence-corrected chi connectivity index (χ2v) is 10.8. The highest BCUT2D eigenvalue weighted by Crippen LogP contribution is 2.31. The topological polar surface area (TPSA) is 61.2 Å². The van der Waals surface area contributed by atoms with Gasteiger partial charge in [0.05, 0.1) is 16.7 Å². The molecule has 6 heteroatoms. The van der Waals surface area contributed by atoms with E-state index in [4.69, 9.17) is 0 Å². The fourth-order valence-electron chi connectivity index (χ4n) is 4.03. The van der Waals surface area contributed by atoms with Crippen LogP contribution in [0.25, 0.3) is 0 Å². The van der Waals surface area contributed by atoms with Crippen molar-refractivity contribution >= 4 is 25.8 Å². The van der Waals surface area contributed by atoms with Gasteiger partial charge in [-0.25, -0.2) is 8.42 Å². The molecular formula is C23H27BrN2O2S. The summed E-state index contributed by atoms with van der Waals surface area (Å²) in [6.07, 6.45) is 4.62. The van der Waals surface area contributed by atoms with Gasteiger partial charge in [0, 0.05) is 17.1 Å². The van der Waals surface area contributed by atoms with Gasteiger partial charge < -0.3 is 0 Å². The summed E-state index contributed by atoms with van der Waals surface area (Å²) >= 11 is 3.45. The molecule has 154 valence electrons. The molecule has 2 aromatic carbocycles. The summed E-state index contributed by atoms with van der Waals surface area (Å²) in [6, 6.07) is 17.4. The lowest BCUT2D eigenvalue weighted by Crippen LogP contribution is -2.41. The van der Waals surface area contributed by atoms with Gasteiger partial charge in [0.15, 0.2) is 9.84 Å². The Morgan fingerprint density at radius 1 is 1.14 bits per heavy atom. The third kappa shape index (κ3) is 5.69. The van der Waals surface area contributed by atoms with Crippen LogP contribution in [0, 0.1) is 18.3 Å². The molecule has 0 spiro atoms. The molecule has 2 unspecified atom stereocenters. The lowest BCUT2D eigenvalue weighted by molar-refractivity contribution is 0.113. The first-order chi connectivity index (χ1) is 13.9. The summed E-state index contributed by atoms with van der Waals surface area (Å²) < 4.78 is 26.3. The lowest BCUT2D eigenvalue weighted by atomic mass is 9.94. The molecule has 1 heterocycles. The zero-order valence-corrected chi connectivity index (χ0v) is 19.1. The van der Waals surface area contributed by atoms with E-state index in [1.807, 2.05) is 43.3 Å². The van der Waals surface area contributed by atoms with Crippen molar-refractivity contribution in [2.45, 2.75) is 56.0 Å². The molecule has 0 aromatic heterocycles. The maximum absolute atomic E-state index is 12.6. The van der Waals surface area contributed by atoms with Crippen LogP contribution in [0.15, 0.2) is 57.9 Å². The van der Waals surface area contributed by atoms with Crippen molar-refractivity contribution in [2.75, 3.05) is 12.3 Å². The van der Waals surface area contributed by atoms with Gasteiger partial charge in [-0.2, -0.15) is 5.26 Å². The van der Waals surface area contributed by atoms with Crippen LogP contribution in [-0.4, -0.2) is 31.7 Å². The van der Waals surface area contributed by atoms with E-state index in [0.717, 1.165) is 47.8 Å². The average molecular weight is 475 g/mol. The lowest BCUT2D eigenvalue weighted by Gasteiger charge is -2.38. The summed E-state index contributed by atoms with van der Waals surface area (Å²) in [5.74, 6) is 0.149. The van der Waals surface area contributed by atoms with E-state index in [1.54, 1.807) is 12.1 Å². The summed E-state index contributed by atoms with van der Waals surface area (Å²) in [5, 5.41) is 9.85. The number of sulfone groups is 1. The molecule has 1 fully saturated rings. The van der Waals surface area contributed by atoms with Gasteiger partial charge in [-0.05, 0) is 62.4 Å². The number of piperidine rings is 1. The highest BCUT2D eigenvalue weighted by molar-refractivity contribution is 9.10. The summed E-state index contributed by atoms with van der Waals surface area (Å²) in [6.45, 7) is 2.83. The fourth-order valence-corrected chi connectivity index (χ4v) is 5.63. The van der Waals surface area contributed by atoms with Crippen LogP contribution in [0.1, 0.15) is 49.3 Å². The Labute approximate surface area is 182 Å². The predicted octanol–water partition coefficient (Wildman–Crippen LogP) is 5.43. The van der Waals surface area contributed by atoms with Gasteiger partial charge >= 0.3 is 0 Å². The third-order valence-corrected chi connectivity index (χ3v) is 7.99. The van der Waals surface area contributed by atoms with Crippen molar-refractivity contribution in [2.24, 2.45) is 0 Å². The number of hydrogen-bond donors (Lipinski definition) is 0. The molecule has 0 radical (unpaired) electrons. The highest BCUT2D eigenvalue weighted by atomic mass is 79.9. The minimum atomic E-state index is -3.27. The number of nitriles is 1. The third-order valence-electron chi connectivity index (χ3n) is 5.64. The summed E-state index contributed by atoms with van der Waals surface area (Å²) in [5.41, 5.74) is 2.05. The Kier molecular flexibility index (Phi) is 7.50. The van der Waals surface area contributed by atoms with Crippen LogP contribution < -0.4 is 0 Å². The van der Waals surface area contributed by atoms with Crippen LogP contribution >= 0.6 is 15.9 Å². The summed E-state index contributed by atoms with van der Waals surface area (Å²) in [7, 11) is -3.27. The van der Waals surface area contributed by atoms with Crippen LogP contribution in [-0.2, 0) is 9.84 Å². The van der Waals surface area contributed by atoms with E-state index < -0.39 is 9.84 Å². The SMILES string of the molecule is Cc1ccc(S(=O)(=O)CCCC2CCCCN2C(C#N)c2ccc(Br)cc2)cc1. The molecule has 1 saturated heterocycles. The second kappa shape index (κ2) is 9.88. The van der Waals surface area contributed by atoms with Gasteiger partial charge in [-0.1, -0.05) is 52.2 Å². The molecule has 0 aliphatic carbocycles. The van der Waals surface area contributed by atoms with E-state index in [-0.39, 0.29) is 17.8 Å². The molecule has 2 atom stereocenters.